The van der Waals surface area contributed by atoms with Crippen molar-refractivity contribution >= 4 is 5.91 Å². The van der Waals surface area contributed by atoms with Gasteiger partial charge in [-0.05, 0) is 12.6 Å². The zero-order chi connectivity index (χ0) is 13.4. The zero-order valence-electron chi connectivity index (χ0n) is 10.8. The van der Waals surface area contributed by atoms with Crippen molar-refractivity contribution in [2.75, 3.05) is 20.2 Å². The molecule has 0 aromatic heterocycles. The van der Waals surface area contributed by atoms with Crippen molar-refractivity contribution in [1.29, 1.82) is 0 Å². The van der Waals surface area contributed by atoms with E-state index in [9.17, 15) is 9.18 Å². The molecule has 0 saturated heterocycles. The molecular weight excluding hydrogens is 235 g/mol. The van der Waals surface area contributed by atoms with Gasteiger partial charge in [-0.2, -0.15) is 0 Å². The number of carbonyl (C=O) groups is 1. The molecule has 1 amide bonds. The van der Waals surface area contributed by atoms with Crippen molar-refractivity contribution in [3.63, 3.8) is 0 Å². The fourth-order valence-electron chi connectivity index (χ4n) is 1.48. The van der Waals surface area contributed by atoms with Crippen molar-refractivity contribution in [1.82, 2.24) is 10.6 Å². The molecule has 1 rings (SSSR count). The topological polar surface area (TPSA) is 50.4 Å². The molecule has 0 atom stereocenters. The summed E-state index contributed by atoms with van der Waals surface area (Å²) in [5.74, 6) is -0.302. The molecule has 0 bridgehead atoms. The second-order valence-corrected chi connectivity index (χ2v) is 3.78. The van der Waals surface area contributed by atoms with Crippen molar-refractivity contribution in [3.8, 4) is 5.75 Å². The Hall–Kier alpha value is -1.62. The van der Waals surface area contributed by atoms with Crippen LogP contribution in [0.15, 0.2) is 18.2 Å². The molecule has 1 aromatic rings. The van der Waals surface area contributed by atoms with Gasteiger partial charge in [-0.3, -0.25) is 4.79 Å². The molecule has 4 nitrogen and oxygen atoms in total. The van der Waals surface area contributed by atoms with Crippen LogP contribution in [0, 0.1) is 5.82 Å². The van der Waals surface area contributed by atoms with Gasteiger partial charge in [0.15, 0.2) is 11.6 Å². The lowest BCUT2D eigenvalue weighted by molar-refractivity contribution is -0.121. The van der Waals surface area contributed by atoms with Crippen LogP contribution in [0.1, 0.15) is 18.9 Å². The second kappa shape index (κ2) is 7.66. The number of hydrogen-bond donors (Lipinski definition) is 2. The number of rotatable bonds is 7. The summed E-state index contributed by atoms with van der Waals surface area (Å²) >= 11 is 0. The van der Waals surface area contributed by atoms with Gasteiger partial charge in [0.25, 0.3) is 0 Å². The van der Waals surface area contributed by atoms with Crippen LogP contribution < -0.4 is 15.4 Å². The van der Waals surface area contributed by atoms with Gasteiger partial charge in [-0.25, -0.2) is 4.39 Å². The molecule has 0 heterocycles. The van der Waals surface area contributed by atoms with E-state index >= 15 is 0 Å². The smallest absolute Gasteiger partial charge is 0.223 e. The van der Waals surface area contributed by atoms with Crippen LogP contribution in [-0.4, -0.2) is 26.1 Å². The zero-order valence-corrected chi connectivity index (χ0v) is 10.8. The fourth-order valence-corrected chi connectivity index (χ4v) is 1.48. The highest BCUT2D eigenvalue weighted by Gasteiger charge is 2.10. The Balaban J connectivity index is 2.64. The number of halogens is 1. The number of hydrogen-bond acceptors (Lipinski definition) is 3. The Bertz CT molecular complexity index is 397. The van der Waals surface area contributed by atoms with E-state index in [1.165, 1.54) is 6.07 Å². The molecule has 18 heavy (non-hydrogen) atoms. The summed E-state index contributed by atoms with van der Waals surface area (Å²) in [6.45, 7) is 3.49. The maximum absolute atomic E-state index is 13.6. The summed E-state index contributed by atoms with van der Waals surface area (Å²) in [6, 6.07) is 4.80. The van der Waals surface area contributed by atoms with Crippen LogP contribution in [0.3, 0.4) is 0 Å². The minimum atomic E-state index is -0.401. The summed E-state index contributed by atoms with van der Waals surface area (Å²) in [4.78, 5) is 11.0. The normalized spacial score (nSPS) is 10.2. The molecule has 1 aromatic carbocycles. The Kier molecular flexibility index (Phi) is 6.14. The van der Waals surface area contributed by atoms with E-state index in [-0.39, 0.29) is 24.7 Å². The van der Waals surface area contributed by atoms with Crippen LogP contribution in [0.5, 0.6) is 5.75 Å². The molecule has 5 heteroatoms. The Morgan fingerprint density at radius 2 is 2.22 bits per heavy atom. The first-order valence-electron chi connectivity index (χ1n) is 6.00. The minimum absolute atomic E-state index is 0.125. The van der Waals surface area contributed by atoms with E-state index in [4.69, 9.17) is 4.74 Å². The number of para-hydroxylation sites is 1. The Morgan fingerprint density at radius 3 is 2.89 bits per heavy atom. The summed E-state index contributed by atoms with van der Waals surface area (Å²) in [7, 11) is 1.56. The average molecular weight is 254 g/mol. The van der Waals surface area contributed by atoms with Gasteiger partial charge < -0.3 is 15.4 Å². The molecule has 100 valence electrons. The molecule has 0 aliphatic carbocycles. The summed E-state index contributed by atoms with van der Waals surface area (Å²) < 4.78 is 19.0. The monoisotopic (exact) mass is 254 g/mol. The van der Waals surface area contributed by atoms with Crippen LogP contribution in [-0.2, 0) is 11.3 Å². The van der Waals surface area contributed by atoms with Crippen molar-refractivity contribution in [2.45, 2.75) is 19.9 Å². The maximum atomic E-state index is 13.6. The highest BCUT2D eigenvalue weighted by molar-refractivity contribution is 5.75. The van der Waals surface area contributed by atoms with Gasteiger partial charge in [0.05, 0.1) is 13.0 Å². The Morgan fingerprint density at radius 1 is 1.44 bits per heavy atom. The number of amides is 1. The minimum Gasteiger partial charge on any atom is -0.490 e. The first-order valence-corrected chi connectivity index (χ1v) is 6.00. The number of benzene rings is 1. The van der Waals surface area contributed by atoms with E-state index in [0.717, 1.165) is 12.1 Å². The van der Waals surface area contributed by atoms with E-state index < -0.39 is 5.82 Å². The lowest BCUT2D eigenvalue weighted by atomic mass is 10.2. The first-order chi connectivity index (χ1) is 8.69. The van der Waals surface area contributed by atoms with Crippen LogP contribution in [0.25, 0.3) is 0 Å². The number of carbonyl (C=O) groups excluding carboxylic acids is 1. The van der Waals surface area contributed by atoms with Gasteiger partial charge in [-0.15, -0.1) is 0 Å². The molecule has 2 N–H and O–H groups in total. The molecular formula is C13H19FN2O2. The van der Waals surface area contributed by atoms with E-state index in [1.807, 2.05) is 6.92 Å². The third kappa shape index (κ3) is 4.33. The second-order valence-electron chi connectivity index (χ2n) is 3.78. The predicted octanol–water partition coefficient (Wildman–Crippen LogP) is 1.45. The summed E-state index contributed by atoms with van der Waals surface area (Å²) in [5, 5.41) is 5.61. The largest absolute Gasteiger partial charge is 0.490 e. The molecule has 0 radical (unpaired) electrons. The van der Waals surface area contributed by atoms with Crippen LogP contribution in [0.2, 0.25) is 0 Å². The van der Waals surface area contributed by atoms with E-state index in [1.54, 1.807) is 19.2 Å². The molecule has 0 saturated carbocycles. The standard InChI is InChI=1S/C13H19FN2O2/c1-3-16-9-10-5-4-6-11(14)13(10)18-8-7-12(17)15-2/h4-6,16H,3,7-9H2,1-2H3,(H,15,17). The molecule has 0 aliphatic heterocycles. The summed E-state index contributed by atoms with van der Waals surface area (Å²) in [6.07, 6.45) is 0.214. The molecule has 0 aliphatic rings. The van der Waals surface area contributed by atoms with Gasteiger partial charge in [-0.1, -0.05) is 19.1 Å². The van der Waals surface area contributed by atoms with Gasteiger partial charge >= 0.3 is 0 Å². The van der Waals surface area contributed by atoms with Gasteiger partial charge in [0.1, 0.15) is 0 Å². The molecule has 0 unspecified atom stereocenters. The number of nitrogens with one attached hydrogen (secondary N) is 2. The van der Waals surface area contributed by atoms with Gasteiger partial charge in [0, 0.05) is 19.2 Å². The van der Waals surface area contributed by atoms with Crippen LogP contribution >= 0.6 is 0 Å². The highest BCUT2D eigenvalue weighted by atomic mass is 19.1. The lowest BCUT2D eigenvalue weighted by Crippen LogP contribution is -2.20. The van der Waals surface area contributed by atoms with E-state index in [0.29, 0.717) is 6.54 Å². The van der Waals surface area contributed by atoms with E-state index in [2.05, 4.69) is 10.6 Å². The SMILES string of the molecule is CCNCc1cccc(F)c1OCCC(=O)NC. The lowest BCUT2D eigenvalue weighted by Gasteiger charge is -2.12. The highest BCUT2D eigenvalue weighted by Crippen LogP contribution is 2.22. The quantitative estimate of drug-likeness (QED) is 0.774. The first kappa shape index (κ1) is 14.4. The third-order valence-electron chi connectivity index (χ3n) is 2.47. The Labute approximate surface area is 107 Å². The van der Waals surface area contributed by atoms with Gasteiger partial charge in [0.2, 0.25) is 5.91 Å². The average Bonchev–Trinajstić information content (AvgIpc) is 2.38. The van der Waals surface area contributed by atoms with Crippen LogP contribution in [0.4, 0.5) is 4.39 Å². The summed E-state index contributed by atoms with van der Waals surface area (Å²) in [5.41, 5.74) is 0.758. The fraction of sp³-hybridized carbons (Fsp3) is 0.462. The van der Waals surface area contributed by atoms with Crippen molar-refractivity contribution < 1.29 is 13.9 Å². The van der Waals surface area contributed by atoms with Crippen molar-refractivity contribution in [2.24, 2.45) is 0 Å². The molecule has 0 spiro atoms. The predicted molar refractivity (Wildman–Crippen MR) is 68.0 cm³/mol. The number of ether oxygens (including phenoxy) is 1. The molecule has 0 fully saturated rings. The van der Waals surface area contributed by atoms with Crippen molar-refractivity contribution in [3.05, 3.63) is 29.6 Å². The maximum Gasteiger partial charge on any atom is 0.223 e. The third-order valence-corrected chi connectivity index (χ3v) is 2.47.